The minimum absolute atomic E-state index is 0.236. The summed E-state index contributed by atoms with van der Waals surface area (Å²) >= 11 is 0. The zero-order chi connectivity index (χ0) is 14.2. The van der Waals surface area contributed by atoms with E-state index in [1.54, 1.807) is 13.8 Å². The Balaban J connectivity index is 2.45. The second-order valence-electron chi connectivity index (χ2n) is 5.98. The van der Waals surface area contributed by atoms with E-state index >= 15 is 0 Å². The number of aliphatic hydroxyl groups is 1. The highest BCUT2D eigenvalue weighted by molar-refractivity contribution is 5.58. The summed E-state index contributed by atoms with van der Waals surface area (Å²) < 4.78 is 13.7. The molecule has 3 heteroatoms. The van der Waals surface area contributed by atoms with Crippen LogP contribution in [-0.4, -0.2) is 17.7 Å². The van der Waals surface area contributed by atoms with E-state index in [-0.39, 0.29) is 5.82 Å². The highest BCUT2D eigenvalue weighted by atomic mass is 19.1. The molecule has 0 saturated carbocycles. The second kappa shape index (κ2) is 5.49. The topological polar surface area (TPSA) is 23.5 Å². The first-order valence-electron chi connectivity index (χ1n) is 7.16. The lowest BCUT2D eigenvalue weighted by atomic mass is 9.99. The average molecular weight is 265 g/mol. The molecule has 1 aliphatic heterocycles. The van der Waals surface area contributed by atoms with Gasteiger partial charge in [-0.2, -0.15) is 0 Å². The first kappa shape index (κ1) is 14.3. The first-order chi connectivity index (χ1) is 8.91. The predicted molar refractivity (Wildman–Crippen MR) is 77.0 cm³/mol. The van der Waals surface area contributed by atoms with Gasteiger partial charge in [0.25, 0.3) is 0 Å². The summed E-state index contributed by atoms with van der Waals surface area (Å²) in [6, 6.07) is 3.87. The Morgan fingerprint density at radius 1 is 1.32 bits per heavy atom. The lowest BCUT2D eigenvalue weighted by molar-refractivity contribution is 0.199. The number of anilines is 1. The van der Waals surface area contributed by atoms with Gasteiger partial charge in [-0.15, -0.1) is 0 Å². The molecule has 2 unspecified atom stereocenters. The quantitative estimate of drug-likeness (QED) is 0.898. The van der Waals surface area contributed by atoms with Gasteiger partial charge in [0.05, 0.1) is 6.10 Å². The van der Waals surface area contributed by atoms with Crippen molar-refractivity contribution in [3.05, 3.63) is 29.1 Å². The van der Waals surface area contributed by atoms with Crippen LogP contribution >= 0.6 is 0 Å². The number of rotatable bonds is 3. The smallest absolute Gasteiger partial charge is 0.126 e. The van der Waals surface area contributed by atoms with Crippen molar-refractivity contribution in [3.63, 3.8) is 0 Å². The van der Waals surface area contributed by atoms with E-state index in [1.807, 2.05) is 6.07 Å². The van der Waals surface area contributed by atoms with Gasteiger partial charge in [-0.05, 0) is 50.3 Å². The summed E-state index contributed by atoms with van der Waals surface area (Å²) in [5, 5.41) is 9.91. The Morgan fingerprint density at radius 3 is 2.58 bits per heavy atom. The number of hydrogen-bond acceptors (Lipinski definition) is 2. The Hall–Kier alpha value is -1.09. The van der Waals surface area contributed by atoms with Crippen LogP contribution in [-0.2, 0) is 0 Å². The minimum atomic E-state index is -0.640. The number of hydrogen-bond donors (Lipinski definition) is 1. The van der Waals surface area contributed by atoms with E-state index in [9.17, 15) is 9.50 Å². The van der Waals surface area contributed by atoms with Crippen molar-refractivity contribution in [3.8, 4) is 0 Å². The summed E-state index contributed by atoms with van der Waals surface area (Å²) in [5.41, 5.74) is 2.36. The van der Waals surface area contributed by atoms with Gasteiger partial charge in [0.1, 0.15) is 5.82 Å². The van der Waals surface area contributed by atoms with Crippen molar-refractivity contribution in [2.75, 3.05) is 11.4 Å². The maximum atomic E-state index is 13.7. The van der Waals surface area contributed by atoms with E-state index < -0.39 is 6.10 Å². The summed E-state index contributed by atoms with van der Waals surface area (Å²) in [5.74, 6) is 0.328. The molecule has 2 rings (SSSR count). The molecular formula is C16H24FNO. The number of aryl methyl sites for hydroxylation is 1. The van der Waals surface area contributed by atoms with Crippen LogP contribution in [0, 0.1) is 18.7 Å². The Morgan fingerprint density at radius 2 is 2.00 bits per heavy atom. The third kappa shape index (κ3) is 2.76. The van der Waals surface area contributed by atoms with Crippen LogP contribution in [0.3, 0.4) is 0 Å². The van der Waals surface area contributed by atoms with E-state index in [1.165, 1.54) is 18.9 Å². The van der Waals surface area contributed by atoms with Gasteiger partial charge >= 0.3 is 0 Å². The largest absolute Gasteiger partial charge is 0.389 e. The standard InChI is InChI=1S/C16H24FNO/c1-10(2)15-6-5-7-18(15)16-8-11(3)14(17)9-13(16)12(4)19/h8-10,12,15,19H,5-7H2,1-4H3. The van der Waals surface area contributed by atoms with Crippen LogP contribution in [0.1, 0.15) is 50.8 Å². The third-order valence-electron chi connectivity index (χ3n) is 4.14. The van der Waals surface area contributed by atoms with Crippen LogP contribution in [0.4, 0.5) is 10.1 Å². The van der Waals surface area contributed by atoms with Gasteiger partial charge in [0.15, 0.2) is 0 Å². The van der Waals surface area contributed by atoms with Crippen molar-refractivity contribution < 1.29 is 9.50 Å². The van der Waals surface area contributed by atoms with Crippen molar-refractivity contribution >= 4 is 5.69 Å². The Labute approximate surface area is 115 Å². The Kier molecular flexibility index (Phi) is 4.14. The van der Waals surface area contributed by atoms with E-state index in [0.717, 1.165) is 12.2 Å². The Bertz CT molecular complexity index is 456. The number of halogens is 1. The van der Waals surface area contributed by atoms with E-state index in [4.69, 9.17) is 0 Å². The fourth-order valence-corrected chi connectivity index (χ4v) is 3.05. The zero-order valence-corrected chi connectivity index (χ0v) is 12.3. The second-order valence-corrected chi connectivity index (χ2v) is 5.98. The molecule has 0 radical (unpaired) electrons. The molecule has 19 heavy (non-hydrogen) atoms. The number of nitrogens with zero attached hydrogens (tertiary/aromatic N) is 1. The van der Waals surface area contributed by atoms with Gasteiger partial charge in [0, 0.05) is 23.8 Å². The molecule has 1 fully saturated rings. The molecule has 0 bridgehead atoms. The molecule has 1 heterocycles. The van der Waals surface area contributed by atoms with Crippen molar-refractivity contribution in [2.24, 2.45) is 5.92 Å². The predicted octanol–water partition coefficient (Wildman–Crippen LogP) is 3.81. The molecule has 0 aromatic heterocycles. The number of benzene rings is 1. The molecule has 1 saturated heterocycles. The summed E-state index contributed by atoms with van der Waals surface area (Å²) in [6.07, 6.45) is 1.70. The molecule has 1 aliphatic rings. The molecule has 0 spiro atoms. The molecule has 0 amide bonds. The molecule has 1 N–H and O–H groups in total. The first-order valence-corrected chi connectivity index (χ1v) is 7.16. The lowest BCUT2D eigenvalue weighted by Crippen LogP contribution is -2.34. The van der Waals surface area contributed by atoms with Crippen molar-refractivity contribution in [2.45, 2.75) is 52.7 Å². The van der Waals surface area contributed by atoms with Crippen LogP contribution in [0.15, 0.2) is 12.1 Å². The molecule has 106 valence electrons. The molecule has 0 aliphatic carbocycles. The fourth-order valence-electron chi connectivity index (χ4n) is 3.05. The summed E-state index contributed by atoms with van der Waals surface area (Å²) in [6.45, 7) is 8.93. The molecular weight excluding hydrogens is 241 g/mol. The monoisotopic (exact) mass is 265 g/mol. The fraction of sp³-hybridized carbons (Fsp3) is 0.625. The van der Waals surface area contributed by atoms with Crippen LogP contribution in [0.2, 0.25) is 0 Å². The highest BCUT2D eigenvalue weighted by Crippen LogP contribution is 2.36. The number of aliphatic hydroxyl groups excluding tert-OH is 1. The van der Waals surface area contributed by atoms with Gasteiger partial charge in [0.2, 0.25) is 0 Å². The summed E-state index contributed by atoms with van der Waals surface area (Å²) in [7, 11) is 0. The lowest BCUT2D eigenvalue weighted by Gasteiger charge is -2.32. The molecule has 2 nitrogen and oxygen atoms in total. The van der Waals surface area contributed by atoms with Crippen molar-refractivity contribution in [1.82, 2.24) is 0 Å². The van der Waals surface area contributed by atoms with E-state index in [0.29, 0.717) is 23.1 Å². The maximum Gasteiger partial charge on any atom is 0.126 e. The van der Waals surface area contributed by atoms with Gasteiger partial charge in [-0.1, -0.05) is 13.8 Å². The highest BCUT2D eigenvalue weighted by Gasteiger charge is 2.29. The van der Waals surface area contributed by atoms with Crippen LogP contribution in [0.25, 0.3) is 0 Å². The minimum Gasteiger partial charge on any atom is -0.389 e. The average Bonchev–Trinajstić information content (AvgIpc) is 2.80. The zero-order valence-electron chi connectivity index (χ0n) is 12.3. The SMILES string of the molecule is Cc1cc(N2CCCC2C(C)C)c(C(C)O)cc1F. The van der Waals surface area contributed by atoms with Gasteiger partial charge in [-0.25, -0.2) is 4.39 Å². The van der Waals surface area contributed by atoms with Gasteiger partial charge in [-0.3, -0.25) is 0 Å². The van der Waals surface area contributed by atoms with Crippen LogP contribution < -0.4 is 4.90 Å². The normalized spacial score (nSPS) is 21.2. The summed E-state index contributed by atoms with van der Waals surface area (Å²) in [4.78, 5) is 2.35. The van der Waals surface area contributed by atoms with Crippen molar-refractivity contribution in [1.29, 1.82) is 0 Å². The molecule has 1 aromatic rings. The van der Waals surface area contributed by atoms with Gasteiger partial charge < -0.3 is 10.0 Å². The third-order valence-corrected chi connectivity index (χ3v) is 4.14. The molecule has 2 atom stereocenters. The maximum absolute atomic E-state index is 13.7. The van der Waals surface area contributed by atoms with Crippen LogP contribution in [0.5, 0.6) is 0 Å². The molecule has 1 aromatic carbocycles. The van der Waals surface area contributed by atoms with E-state index in [2.05, 4.69) is 18.7 Å².